The van der Waals surface area contributed by atoms with Crippen LogP contribution in [-0.2, 0) is 4.79 Å². The minimum absolute atomic E-state index is 0.322. The van der Waals surface area contributed by atoms with Crippen LogP contribution >= 0.6 is 0 Å². The molecule has 0 aromatic rings. The normalized spacial score (nSPS) is 30.3. The van der Waals surface area contributed by atoms with Crippen LogP contribution in [0.1, 0.15) is 26.2 Å². The van der Waals surface area contributed by atoms with Gasteiger partial charge in [0.15, 0.2) is 0 Å². The van der Waals surface area contributed by atoms with E-state index < -0.39 is 0 Å². The van der Waals surface area contributed by atoms with Gasteiger partial charge in [-0.2, -0.15) is 0 Å². The van der Waals surface area contributed by atoms with Gasteiger partial charge in [-0.05, 0) is 18.8 Å². The molecule has 2 heterocycles. The fourth-order valence-corrected chi connectivity index (χ4v) is 1.82. The highest BCUT2D eigenvalue weighted by atomic mass is 16.2. The zero-order chi connectivity index (χ0) is 7.84. The summed E-state index contributed by atoms with van der Waals surface area (Å²) in [5.74, 6) is 0.976. The molecule has 2 rings (SSSR count). The molecule has 0 saturated carbocycles. The molecule has 2 aliphatic rings. The Balaban J connectivity index is 2.22. The van der Waals surface area contributed by atoms with E-state index in [0.717, 1.165) is 25.8 Å². The minimum atomic E-state index is 0.322. The molecule has 11 heavy (non-hydrogen) atoms. The Morgan fingerprint density at radius 1 is 1.55 bits per heavy atom. The number of allylic oxidation sites excluding steroid dienone is 2. The van der Waals surface area contributed by atoms with Crippen LogP contribution in [0, 0.1) is 5.92 Å². The molecule has 0 aromatic heterocycles. The van der Waals surface area contributed by atoms with E-state index in [1.54, 1.807) is 0 Å². The molecule has 60 valence electrons. The number of hydrogen-bond acceptors (Lipinski definition) is 1. The molecule has 2 heteroatoms. The molecule has 0 spiro atoms. The van der Waals surface area contributed by atoms with E-state index in [-0.39, 0.29) is 0 Å². The first-order chi connectivity index (χ1) is 5.27. The van der Waals surface area contributed by atoms with Gasteiger partial charge in [0.25, 0.3) is 0 Å². The van der Waals surface area contributed by atoms with Crippen molar-refractivity contribution in [2.24, 2.45) is 5.92 Å². The SMILES string of the molecule is CC1CC=C2CCC(=O)N2C1. The zero-order valence-corrected chi connectivity index (χ0v) is 6.84. The lowest BCUT2D eigenvalue weighted by molar-refractivity contribution is -0.127. The zero-order valence-electron chi connectivity index (χ0n) is 6.84. The van der Waals surface area contributed by atoms with E-state index in [2.05, 4.69) is 13.0 Å². The summed E-state index contributed by atoms with van der Waals surface area (Å²) in [5.41, 5.74) is 1.27. The smallest absolute Gasteiger partial charge is 0.227 e. The van der Waals surface area contributed by atoms with Gasteiger partial charge in [0.2, 0.25) is 5.91 Å². The van der Waals surface area contributed by atoms with Gasteiger partial charge in [-0.25, -0.2) is 0 Å². The third-order valence-electron chi connectivity index (χ3n) is 2.49. The number of fused-ring (bicyclic) bond motifs is 1. The topological polar surface area (TPSA) is 20.3 Å². The second-order valence-electron chi connectivity index (χ2n) is 3.54. The summed E-state index contributed by atoms with van der Waals surface area (Å²) in [6.07, 6.45) is 5.09. The highest BCUT2D eigenvalue weighted by molar-refractivity contribution is 5.81. The Hall–Kier alpha value is -0.790. The molecule has 2 aliphatic heterocycles. The maximum atomic E-state index is 11.2. The van der Waals surface area contributed by atoms with E-state index >= 15 is 0 Å². The third kappa shape index (κ3) is 1.06. The molecule has 0 aromatic carbocycles. The summed E-state index contributed by atoms with van der Waals surface area (Å²) in [6.45, 7) is 3.14. The van der Waals surface area contributed by atoms with Gasteiger partial charge in [0, 0.05) is 18.7 Å². The molecule has 1 atom stereocenters. The second-order valence-corrected chi connectivity index (χ2v) is 3.54. The lowest BCUT2D eigenvalue weighted by Crippen LogP contribution is -2.30. The van der Waals surface area contributed by atoms with Crippen molar-refractivity contribution in [3.05, 3.63) is 11.8 Å². The Kier molecular flexibility index (Phi) is 1.48. The van der Waals surface area contributed by atoms with Crippen LogP contribution in [0.5, 0.6) is 0 Å². The van der Waals surface area contributed by atoms with Gasteiger partial charge < -0.3 is 4.90 Å². The first kappa shape index (κ1) is 6.89. The van der Waals surface area contributed by atoms with E-state index in [1.807, 2.05) is 4.90 Å². The Morgan fingerprint density at radius 2 is 2.36 bits per heavy atom. The molecule has 0 aliphatic carbocycles. The van der Waals surface area contributed by atoms with Gasteiger partial charge in [-0.15, -0.1) is 0 Å². The molecule has 1 amide bonds. The average Bonchev–Trinajstić information content (AvgIpc) is 2.33. The summed E-state index contributed by atoms with van der Waals surface area (Å²) in [5, 5.41) is 0. The number of carbonyl (C=O) groups excluding carboxylic acids is 1. The van der Waals surface area contributed by atoms with Crippen molar-refractivity contribution in [3.8, 4) is 0 Å². The maximum Gasteiger partial charge on any atom is 0.227 e. The van der Waals surface area contributed by atoms with Gasteiger partial charge >= 0.3 is 0 Å². The number of amides is 1. The molecule has 0 radical (unpaired) electrons. The number of nitrogens with zero attached hydrogens (tertiary/aromatic N) is 1. The molecular weight excluding hydrogens is 138 g/mol. The Morgan fingerprint density at radius 3 is 3.18 bits per heavy atom. The quantitative estimate of drug-likeness (QED) is 0.514. The van der Waals surface area contributed by atoms with Crippen LogP contribution in [-0.4, -0.2) is 17.4 Å². The molecule has 1 saturated heterocycles. The fourth-order valence-electron chi connectivity index (χ4n) is 1.82. The fraction of sp³-hybridized carbons (Fsp3) is 0.667. The van der Waals surface area contributed by atoms with E-state index in [9.17, 15) is 4.79 Å². The van der Waals surface area contributed by atoms with Gasteiger partial charge in [-0.1, -0.05) is 13.0 Å². The van der Waals surface area contributed by atoms with Crippen molar-refractivity contribution in [2.75, 3.05) is 6.54 Å². The number of rotatable bonds is 0. The summed E-state index contributed by atoms with van der Waals surface area (Å²) in [7, 11) is 0. The minimum Gasteiger partial charge on any atom is -0.316 e. The summed E-state index contributed by atoms with van der Waals surface area (Å²) >= 11 is 0. The van der Waals surface area contributed by atoms with E-state index in [4.69, 9.17) is 0 Å². The monoisotopic (exact) mass is 151 g/mol. The Bertz CT molecular complexity index is 220. The van der Waals surface area contributed by atoms with Gasteiger partial charge in [0.1, 0.15) is 0 Å². The predicted octanol–water partition coefficient (Wildman–Crippen LogP) is 1.53. The van der Waals surface area contributed by atoms with Crippen LogP contribution in [0.4, 0.5) is 0 Å². The number of hydrogen-bond donors (Lipinski definition) is 0. The standard InChI is InChI=1S/C9H13NO/c1-7-2-3-8-4-5-9(11)10(8)6-7/h3,7H,2,4-6H2,1H3. The summed E-state index contributed by atoms with van der Waals surface area (Å²) in [6, 6.07) is 0. The van der Waals surface area contributed by atoms with Gasteiger partial charge in [0.05, 0.1) is 0 Å². The molecule has 1 fully saturated rings. The molecule has 0 N–H and O–H groups in total. The molecule has 0 bridgehead atoms. The highest BCUT2D eigenvalue weighted by Crippen LogP contribution is 2.28. The van der Waals surface area contributed by atoms with E-state index in [1.165, 1.54) is 5.70 Å². The lowest BCUT2D eigenvalue weighted by atomic mass is 10.0. The van der Waals surface area contributed by atoms with Crippen molar-refractivity contribution in [3.63, 3.8) is 0 Å². The predicted molar refractivity (Wildman–Crippen MR) is 42.8 cm³/mol. The van der Waals surface area contributed by atoms with Crippen molar-refractivity contribution in [1.82, 2.24) is 4.90 Å². The highest BCUT2D eigenvalue weighted by Gasteiger charge is 2.28. The van der Waals surface area contributed by atoms with Crippen LogP contribution in [0.2, 0.25) is 0 Å². The van der Waals surface area contributed by atoms with Crippen molar-refractivity contribution >= 4 is 5.91 Å². The van der Waals surface area contributed by atoms with Crippen LogP contribution in [0.3, 0.4) is 0 Å². The summed E-state index contributed by atoms with van der Waals surface area (Å²) < 4.78 is 0. The van der Waals surface area contributed by atoms with Crippen LogP contribution in [0.25, 0.3) is 0 Å². The molecular formula is C9H13NO. The van der Waals surface area contributed by atoms with E-state index in [0.29, 0.717) is 11.8 Å². The van der Waals surface area contributed by atoms with Crippen LogP contribution < -0.4 is 0 Å². The van der Waals surface area contributed by atoms with Gasteiger partial charge in [-0.3, -0.25) is 4.79 Å². The molecule has 1 unspecified atom stereocenters. The van der Waals surface area contributed by atoms with Crippen LogP contribution in [0.15, 0.2) is 11.8 Å². The second kappa shape index (κ2) is 2.36. The largest absolute Gasteiger partial charge is 0.316 e. The Labute approximate surface area is 66.9 Å². The number of carbonyl (C=O) groups is 1. The summed E-state index contributed by atoms with van der Waals surface area (Å²) in [4.78, 5) is 13.2. The van der Waals surface area contributed by atoms with Crippen molar-refractivity contribution < 1.29 is 4.79 Å². The first-order valence-electron chi connectivity index (χ1n) is 4.27. The van der Waals surface area contributed by atoms with Crippen molar-refractivity contribution in [1.29, 1.82) is 0 Å². The average molecular weight is 151 g/mol. The maximum absolute atomic E-state index is 11.2. The molecule has 2 nitrogen and oxygen atoms in total. The first-order valence-corrected chi connectivity index (χ1v) is 4.27. The third-order valence-corrected chi connectivity index (χ3v) is 2.49. The van der Waals surface area contributed by atoms with Crippen molar-refractivity contribution in [2.45, 2.75) is 26.2 Å². The lowest BCUT2D eigenvalue weighted by Gasteiger charge is -2.26.